The number of thiazole rings is 1. The van der Waals surface area contributed by atoms with E-state index in [-0.39, 0.29) is 17.6 Å². The van der Waals surface area contributed by atoms with Crippen LogP contribution in [-0.2, 0) is 4.79 Å². The first-order valence-electron chi connectivity index (χ1n) is 5.35. The highest BCUT2D eigenvalue weighted by molar-refractivity contribution is 7.14. The molecule has 1 aromatic heterocycles. The van der Waals surface area contributed by atoms with E-state index < -0.39 is 0 Å². The molecule has 1 heterocycles. The molecule has 0 saturated heterocycles. The second-order valence-electron chi connectivity index (χ2n) is 3.60. The number of amides is 1. The number of hydrogen-bond acceptors (Lipinski definition) is 4. The fourth-order valence-electron chi connectivity index (χ4n) is 1.36. The van der Waals surface area contributed by atoms with Crippen molar-refractivity contribution >= 4 is 28.2 Å². The minimum absolute atomic E-state index is 0.0182. The Kier molecular flexibility index (Phi) is 4.61. The molecular weight excluding hydrogens is 224 g/mol. The predicted octanol–water partition coefficient (Wildman–Crippen LogP) is 2.72. The Bertz CT molecular complexity index is 383. The SMILES string of the molecule is CCC(CC)C(=O)Nc1nc(C(C)=O)cs1. The highest BCUT2D eigenvalue weighted by Crippen LogP contribution is 2.18. The summed E-state index contributed by atoms with van der Waals surface area (Å²) < 4.78 is 0. The van der Waals surface area contributed by atoms with Crippen molar-refractivity contribution < 1.29 is 9.59 Å². The highest BCUT2D eigenvalue weighted by Gasteiger charge is 2.16. The molecule has 0 radical (unpaired) electrons. The molecular formula is C11H16N2O2S. The molecule has 0 fully saturated rings. The van der Waals surface area contributed by atoms with Crippen LogP contribution in [0.1, 0.15) is 44.1 Å². The topological polar surface area (TPSA) is 59.1 Å². The number of aromatic nitrogens is 1. The molecule has 0 bridgehead atoms. The largest absolute Gasteiger partial charge is 0.302 e. The first-order chi connectivity index (χ1) is 7.58. The maximum Gasteiger partial charge on any atom is 0.229 e. The van der Waals surface area contributed by atoms with Gasteiger partial charge in [-0.2, -0.15) is 0 Å². The summed E-state index contributed by atoms with van der Waals surface area (Å²) in [5.41, 5.74) is 0.407. The molecule has 0 unspecified atom stereocenters. The summed E-state index contributed by atoms with van der Waals surface area (Å²) in [5.74, 6) is -0.0848. The third-order valence-electron chi connectivity index (χ3n) is 2.45. The van der Waals surface area contributed by atoms with Crippen LogP contribution in [-0.4, -0.2) is 16.7 Å². The van der Waals surface area contributed by atoms with Crippen LogP contribution in [0.25, 0.3) is 0 Å². The van der Waals surface area contributed by atoms with Gasteiger partial charge in [0.05, 0.1) is 0 Å². The van der Waals surface area contributed by atoms with Gasteiger partial charge < -0.3 is 5.32 Å². The maximum absolute atomic E-state index is 11.7. The van der Waals surface area contributed by atoms with E-state index in [9.17, 15) is 9.59 Å². The van der Waals surface area contributed by atoms with Gasteiger partial charge in [0.2, 0.25) is 5.91 Å². The number of hydrogen-bond donors (Lipinski definition) is 1. The molecule has 0 aromatic carbocycles. The summed E-state index contributed by atoms with van der Waals surface area (Å²) >= 11 is 1.28. The average Bonchev–Trinajstić information content (AvgIpc) is 2.68. The first-order valence-corrected chi connectivity index (χ1v) is 6.23. The van der Waals surface area contributed by atoms with Gasteiger partial charge in [-0.05, 0) is 12.8 Å². The zero-order chi connectivity index (χ0) is 12.1. The van der Waals surface area contributed by atoms with Gasteiger partial charge >= 0.3 is 0 Å². The Morgan fingerprint density at radius 3 is 2.50 bits per heavy atom. The molecule has 1 rings (SSSR count). The van der Waals surface area contributed by atoms with Crippen molar-refractivity contribution in [2.45, 2.75) is 33.6 Å². The number of ketones is 1. The lowest BCUT2D eigenvalue weighted by Gasteiger charge is -2.10. The summed E-state index contributed by atoms with van der Waals surface area (Å²) in [4.78, 5) is 26.8. The highest BCUT2D eigenvalue weighted by atomic mass is 32.1. The van der Waals surface area contributed by atoms with Crippen LogP contribution in [0.5, 0.6) is 0 Å². The maximum atomic E-state index is 11.7. The normalized spacial score (nSPS) is 10.5. The number of Topliss-reactive ketones (excluding diaryl/α,β-unsaturated/α-hetero) is 1. The number of nitrogens with one attached hydrogen (secondary N) is 1. The monoisotopic (exact) mass is 240 g/mol. The molecule has 0 saturated carbocycles. The Balaban J connectivity index is 2.65. The van der Waals surface area contributed by atoms with Crippen LogP contribution in [0.15, 0.2) is 5.38 Å². The zero-order valence-electron chi connectivity index (χ0n) is 9.74. The molecule has 1 N–H and O–H groups in total. The first kappa shape index (κ1) is 12.8. The summed E-state index contributed by atoms with van der Waals surface area (Å²) in [6.45, 7) is 5.43. The number of rotatable bonds is 5. The molecule has 0 aliphatic carbocycles. The van der Waals surface area contributed by atoms with Crippen LogP contribution in [0.3, 0.4) is 0 Å². The summed E-state index contributed by atoms with van der Waals surface area (Å²) in [5, 5.41) is 4.89. The smallest absolute Gasteiger partial charge is 0.229 e. The van der Waals surface area contributed by atoms with Crippen LogP contribution < -0.4 is 5.32 Å². The Hall–Kier alpha value is -1.23. The van der Waals surface area contributed by atoms with Gasteiger partial charge in [-0.1, -0.05) is 13.8 Å². The summed E-state index contributed by atoms with van der Waals surface area (Å²) in [6, 6.07) is 0. The van der Waals surface area contributed by atoms with E-state index in [1.54, 1.807) is 5.38 Å². The zero-order valence-corrected chi connectivity index (χ0v) is 10.6. The minimum atomic E-state index is -0.0840. The van der Waals surface area contributed by atoms with Crippen molar-refractivity contribution in [1.82, 2.24) is 4.98 Å². The summed E-state index contributed by atoms with van der Waals surface area (Å²) in [7, 11) is 0. The van der Waals surface area contributed by atoms with E-state index >= 15 is 0 Å². The molecule has 0 aliphatic rings. The van der Waals surface area contributed by atoms with E-state index in [2.05, 4.69) is 10.3 Å². The van der Waals surface area contributed by atoms with Crippen molar-refractivity contribution in [2.24, 2.45) is 5.92 Å². The van der Waals surface area contributed by atoms with E-state index in [0.29, 0.717) is 10.8 Å². The molecule has 0 atom stereocenters. The lowest BCUT2D eigenvalue weighted by molar-refractivity contribution is -0.120. The van der Waals surface area contributed by atoms with Gasteiger partial charge in [0, 0.05) is 18.2 Å². The number of nitrogens with zero attached hydrogens (tertiary/aromatic N) is 1. The number of carbonyl (C=O) groups excluding carboxylic acids is 2. The van der Waals surface area contributed by atoms with Crippen molar-refractivity contribution in [3.63, 3.8) is 0 Å². The Morgan fingerprint density at radius 1 is 1.44 bits per heavy atom. The van der Waals surface area contributed by atoms with Gasteiger partial charge in [-0.25, -0.2) is 4.98 Å². The third kappa shape index (κ3) is 3.13. The Labute approximate surface area is 99.1 Å². The van der Waals surface area contributed by atoms with Crippen molar-refractivity contribution in [2.75, 3.05) is 5.32 Å². The lowest BCUT2D eigenvalue weighted by Crippen LogP contribution is -2.21. The molecule has 4 nitrogen and oxygen atoms in total. The predicted molar refractivity (Wildman–Crippen MR) is 64.8 cm³/mol. The van der Waals surface area contributed by atoms with E-state index in [1.807, 2.05) is 13.8 Å². The molecule has 88 valence electrons. The van der Waals surface area contributed by atoms with Crippen LogP contribution >= 0.6 is 11.3 Å². The second kappa shape index (κ2) is 5.75. The third-order valence-corrected chi connectivity index (χ3v) is 3.21. The Morgan fingerprint density at radius 2 is 2.06 bits per heavy atom. The van der Waals surface area contributed by atoms with Crippen LogP contribution in [0.2, 0.25) is 0 Å². The van der Waals surface area contributed by atoms with Gasteiger partial charge in [-0.3, -0.25) is 9.59 Å². The second-order valence-corrected chi connectivity index (χ2v) is 4.45. The van der Waals surface area contributed by atoms with Crippen molar-refractivity contribution in [3.8, 4) is 0 Å². The molecule has 1 amide bonds. The lowest BCUT2D eigenvalue weighted by atomic mass is 10.0. The van der Waals surface area contributed by atoms with E-state index in [1.165, 1.54) is 18.3 Å². The van der Waals surface area contributed by atoms with Crippen LogP contribution in [0.4, 0.5) is 5.13 Å². The molecule has 0 spiro atoms. The molecule has 16 heavy (non-hydrogen) atoms. The van der Waals surface area contributed by atoms with Crippen LogP contribution in [0, 0.1) is 5.92 Å². The van der Waals surface area contributed by atoms with Gasteiger partial charge in [-0.15, -0.1) is 11.3 Å². The average molecular weight is 240 g/mol. The molecule has 5 heteroatoms. The van der Waals surface area contributed by atoms with E-state index in [0.717, 1.165) is 12.8 Å². The fourth-order valence-corrected chi connectivity index (χ4v) is 2.11. The number of carbonyl (C=O) groups is 2. The van der Waals surface area contributed by atoms with Gasteiger partial charge in [0.25, 0.3) is 0 Å². The number of anilines is 1. The standard InChI is InChI=1S/C11H16N2O2S/c1-4-8(5-2)10(15)13-11-12-9(6-16-11)7(3)14/h6,8H,4-5H2,1-3H3,(H,12,13,15). The minimum Gasteiger partial charge on any atom is -0.302 e. The van der Waals surface area contributed by atoms with Gasteiger partial charge in [0.15, 0.2) is 10.9 Å². The molecule has 1 aromatic rings. The molecule has 0 aliphatic heterocycles. The van der Waals surface area contributed by atoms with Gasteiger partial charge in [0.1, 0.15) is 5.69 Å². The quantitative estimate of drug-likeness (QED) is 0.805. The van der Waals surface area contributed by atoms with E-state index in [4.69, 9.17) is 0 Å². The fraction of sp³-hybridized carbons (Fsp3) is 0.545. The summed E-state index contributed by atoms with van der Waals surface area (Å²) in [6.07, 6.45) is 1.63. The van der Waals surface area contributed by atoms with Crippen molar-refractivity contribution in [3.05, 3.63) is 11.1 Å². The van der Waals surface area contributed by atoms with Crippen molar-refractivity contribution in [1.29, 1.82) is 0 Å².